The van der Waals surface area contributed by atoms with Gasteiger partial charge in [-0.05, 0) is 31.5 Å². The van der Waals surface area contributed by atoms with Gasteiger partial charge in [-0.25, -0.2) is 4.98 Å². The topological polar surface area (TPSA) is 90.4 Å². The van der Waals surface area contributed by atoms with Crippen LogP contribution in [0, 0.1) is 0 Å². The van der Waals surface area contributed by atoms with E-state index in [-0.39, 0.29) is 12.6 Å². The fourth-order valence-electron chi connectivity index (χ4n) is 2.18. The number of imidazole rings is 1. The minimum absolute atomic E-state index is 0.145. The van der Waals surface area contributed by atoms with E-state index in [0.29, 0.717) is 37.5 Å². The van der Waals surface area contributed by atoms with Gasteiger partial charge in [-0.1, -0.05) is 0 Å². The molecule has 20 heavy (non-hydrogen) atoms. The average molecular weight is 277 g/mol. The minimum atomic E-state index is -0.202. The third-order valence-electron chi connectivity index (χ3n) is 3.06. The number of hydrogen-bond acceptors (Lipinski definition) is 5. The molecule has 6 heteroatoms. The summed E-state index contributed by atoms with van der Waals surface area (Å²) in [4.78, 5) is 15.7. The first-order valence-electron chi connectivity index (χ1n) is 6.66. The summed E-state index contributed by atoms with van der Waals surface area (Å²) in [7, 11) is 0. The Morgan fingerprint density at radius 2 is 2.30 bits per heavy atom. The number of anilines is 1. The lowest BCUT2D eigenvalue weighted by Gasteiger charge is -2.07. The number of aliphatic hydroxyl groups excluding tert-OH is 1. The summed E-state index contributed by atoms with van der Waals surface area (Å²) in [6, 6.07) is 5.45. The summed E-state index contributed by atoms with van der Waals surface area (Å²) in [6.45, 7) is 2.65. The highest BCUT2D eigenvalue weighted by molar-refractivity contribution is 5.79. The molecule has 0 aliphatic rings. The van der Waals surface area contributed by atoms with E-state index < -0.39 is 0 Å². The number of rotatable bonds is 6. The van der Waals surface area contributed by atoms with Crippen LogP contribution < -0.4 is 5.73 Å². The number of ether oxygens (including phenoxy) is 1. The van der Waals surface area contributed by atoms with Gasteiger partial charge < -0.3 is 20.1 Å². The number of nitrogen functional groups attached to an aromatic ring is 1. The molecule has 0 saturated carbocycles. The minimum Gasteiger partial charge on any atom is -0.466 e. The standard InChI is InChI=1S/C14H19N3O3/c1-2-20-14(19)4-3-7-17-12-6-5-10(15)8-11(12)16-13(17)9-18/h5-6,8,18H,2-4,7,9,15H2,1H3. The molecule has 0 amide bonds. The van der Waals surface area contributed by atoms with Gasteiger partial charge in [-0.3, -0.25) is 4.79 Å². The van der Waals surface area contributed by atoms with Gasteiger partial charge in [0.2, 0.25) is 0 Å². The van der Waals surface area contributed by atoms with Crippen LogP contribution in [0.4, 0.5) is 5.69 Å². The fourth-order valence-corrected chi connectivity index (χ4v) is 2.18. The molecule has 108 valence electrons. The van der Waals surface area contributed by atoms with Crippen LogP contribution in [0.15, 0.2) is 18.2 Å². The molecule has 0 unspecified atom stereocenters. The van der Waals surface area contributed by atoms with E-state index in [9.17, 15) is 9.90 Å². The lowest BCUT2D eigenvalue weighted by atomic mass is 10.2. The Labute approximate surface area is 117 Å². The van der Waals surface area contributed by atoms with Gasteiger partial charge in [0.1, 0.15) is 12.4 Å². The van der Waals surface area contributed by atoms with Crippen molar-refractivity contribution in [3.63, 3.8) is 0 Å². The SMILES string of the molecule is CCOC(=O)CCCn1c(CO)nc2cc(N)ccc21. The highest BCUT2D eigenvalue weighted by atomic mass is 16.5. The molecule has 2 rings (SSSR count). The van der Waals surface area contributed by atoms with E-state index in [4.69, 9.17) is 10.5 Å². The molecule has 1 aromatic heterocycles. The van der Waals surface area contributed by atoms with Gasteiger partial charge in [0.25, 0.3) is 0 Å². The molecule has 3 N–H and O–H groups in total. The van der Waals surface area contributed by atoms with Crippen LogP contribution in [-0.4, -0.2) is 27.2 Å². The Balaban J connectivity index is 2.14. The van der Waals surface area contributed by atoms with Crippen LogP contribution in [0.2, 0.25) is 0 Å². The largest absolute Gasteiger partial charge is 0.466 e. The zero-order valence-corrected chi connectivity index (χ0v) is 11.5. The lowest BCUT2D eigenvalue weighted by Crippen LogP contribution is -2.08. The second kappa shape index (κ2) is 6.38. The summed E-state index contributed by atoms with van der Waals surface area (Å²) in [5, 5.41) is 9.38. The molecular formula is C14H19N3O3. The highest BCUT2D eigenvalue weighted by Crippen LogP contribution is 2.20. The molecule has 2 aromatic rings. The molecule has 0 bridgehead atoms. The normalized spacial score (nSPS) is 10.9. The Kier molecular flexibility index (Phi) is 4.57. The van der Waals surface area contributed by atoms with E-state index >= 15 is 0 Å². The molecule has 6 nitrogen and oxygen atoms in total. The summed E-state index contributed by atoms with van der Waals surface area (Å²) in [5.74, 6) is 0.376. The maximum Gasteiger partial charge on any atom is 0.305 e. The van der Waals surface area contributed by atoms with Gasteiger partial charge in [0.15, 0.2) is 0 Å². The number of fused-ring (bicyclic) bond motifs is 1. The van der Waals surface area contributed by atoms with Crippen molar-refractivity contribution in [3.8, 4) is 0 Å². The van der Waals surface area contributed by atoms with Crippen molar-refractivity contribution in [1.82, 2.24) is 9.55 Å². The molecular weight excluding hydrogens is 258 g/mol. The van der Waals surface area contributed by atoms with Crippen LogP contribution in [-0.2, 0) is 22.7 Å². The fraction of sp³-hybridized carbons (Fsp3) is 0.429. The van der Waals surface area contributed by atoms with Crippen molar-refractivity contribution < 1.29 is 14.6 Å². The molecule has 0 fully saturated rings. The van der Waals surface area contributed by atoms with Crippen molar-refractivity contribution in [3.05, 3.63) is 24.0 Å². The number of carbonyl (C=O) groups is 1. The third kappa shape index (κ3) is 3.08. The number of carbonyl (C=O) groups excluding carboxylic acids is 1. The van der Waals surface area contributed by atoms with E-state index in [0.717, 1.165) is 11.0 Å². The second-order valence-corrected chi connectivity index (χ2v) is 4.49. The van der Waals surface area contributed by atoms with Gasteiger partial charge in [0, 0.05) is 18.7 Å². The number of aliphatic hydroxyl groups is 1. The lowest BCUT2D eigenvalue weighted by molar-refractivity contribution is -0.143. The Morgan fingerprint density at radius 1 is 1.50 bits per heavy atom. The molecule has 1 heterocycles. The van der Waals surface area contributed by atoms with Crippen LogP contribution in [0.3, 0.4) is 0 Å². The zero-order valence-electron chi connectivity index (χ0n) is 11.5. The first kappa shape index (κ1) is 14.3. The number of nitrogens with zero attached hydrogens (tertiary/aromatic N) is 2. The van der Waals surface area contributed by atoms with Crippen LogP contribution in [0.1, 0.15) is 25.6 Å². The first-order chi connectivity index (χ1) is 9.65. The number of nitrogens with two attached hydrogens (primary N) is 1. The van der Waals surface area contributed by atoms with Crippen molar-refractivity contribution in [2.45, 2.75) is 32.9 Å². The second-order valence-electron chi connectivity index (χ2n) is 4.49. The van der Waals surface area contributed by atoms with Crippen LogP contribution in [0.5, 0.6) is 0 Å². The van der Waals surface area contributed by atoms with Crippen LogP contribution in [0.25, 0.3) is 11.0 Å². The van der Waals surface area contributed by atoms with Gasteiger partial charge >= 0.3 is 5.97 Å². The number of benzene rings is 1. The van der Waals surface area contributed by atoms with Crippen molar-refractivity contribution in [2.75, 3.05) is 12.3 Å². The van der Waals surface area contributed by atoms with Gasteiger partial charge in [-0.2, -0.15) is 0 Å². The third-order valence-corrected chi connectivity index (χ3v) is 3.06. The van der Waals surface area contributed by atoms with E-state index in [1.54, 1.807) is 19.1 Å². The summed E-state index contributed by atoms with van der Waals surface area (Å²) in [6.07, 6.45) is 0.995. The quantitative estimate of drug-likeness (QED) is 0.616. The monoisotopic (exact) mass is 277 g/mol. The molecule has 0 aliphatic heterocycles. The predicted octanol–water partition coefficient (Wildman–Crippen LogP) is 1.45. The summed E-state index contributed by atoms with van der Waals surface area (Å²) < 4.78 is 6.80. The van der Waals surface area contributed by atoms with Crippen molar-refractivity contribution >= 4 is 22.7 Å². The highest BCUT2D eigenvalue weighted by Gasteiger charge is 2.11. The maximum atomic E-state index is 11.3. The van der Waals surface area contributed by atoms with E-state index in [2.05, 4.69) is 4.98 Å². The van der Waals surface area contributed by atoms with Crippen molar-refractivity contribution in [2.24, 2.45) is 0 Å². The molecule has 0 saturated heterocycles. The van der Waals surface area contributed by atoms with E-state index in [1.807, 2.05) is 10.6 Å². The molecule has 1 aromatic carbocycles. The Morgan fingerprint density at radius 3 is 3.00 bits per heavy atom. The van der Waals surface area contributed by atoms with Crippen molar-refractivity contribution in [1.29, 1.82) is 0 Å². The number of hydrogen-bond donors (Lipinski definition) is 2. The van der Waals surface area contributed by atoms with Crippen LogP contribution >= 0.6 is 0 Å². The van der Waals surface area contributed by atoms with Gasteiger partial charge in [-0.15, -0.1) is 0 Å². The number of esters is 1. The molecule has 0 atom stereocenters. The van der Waals surface area contributed by atoms with Gasteiger partial charge in [0.05, 0.1) is 17.6 Å². The average Bonchev–Trinajstić information content (AvgIpc) is 2.76. The number of aryl methyl sites for hydroxylation is 1. The van der Waals surface area contributed by atoms with E-state index in [1.165, 1.54) is 0 Å². The molecule has 0 aliphatic carbocycles. The smallest absolute Gasteiger partial charge is 0.305 e. The molecule has 0 radical (unpaired) electrons. The summed E-state index contributed by atoms with van der Waals surface area (Å²) >= 11 is 0. The summed E-state index contributed by atoms with van der Waals surface area (Å²) in [5.41, 5.74) is 8.03. The Hall–Kier alpha value is -2.08. The predicted molar refractivity (Wildman–Crippen MR) is 75.9 cm³/mol. The molecule has 0 spiro atoms. The zero-order chi connectivity index (χ0) is 14.5. The Bertz CT molecular complexity index is 607. The first-order valence-corrected chi connectivity index (χ1v) is 6.66. The maximum absolute atomic E-state index is 11.3. The number of aromatic nitrogens is 2.